The summed E-state index contributed by atoms with van der Waals surface area (Å²) in [5.41, 5.74) is 6.90. The smallest absolute Gasteiger partial charge is 0.159 e. The van der Waals surface area contributed by atoms with E-state index >= 15 is 0 Å². The number of azo groups is 1. The average Bonchev–Trinajstić information content (AvgIpc) is 2.72. The summed E-state index contributed by atoms with van der Waals surface area (Å²) < 4.78 is 0. The maximum absolute atomic E-state index is 11.6. The fourth-order valence-electron chi connectivity index (χ4n) is 3.18. The normalized spacial score (nSPS) is 11.6. The highest BCUT2D eigenvalue weighted by Crippen LogP contribution is 2.35. The Bertz CT molecular complexity index is 1030. The highest BCUT2D eigenvalue weighted by Gasteiger charge is 2.10. The Balaban J connectivity index is 2.02. The fourth-order valence-corrected chi connectivity index (χ4v) is 3.18. The molecule has 0 amide bonds. The van der Waals surface area contributed by atoms with Gasteiger partial charge in [0.2, 0.25) is 0 Å². The van der Waals surface area contributed by atoms with E-state index in [0.29, 0.717) is 17.4 Å². The number of nitrogens with zero attached hydrogens (tertiary/aromatic N) is 2. The molecule has 29 heavy (non-hydrogen) atoms. The van der Waals surface area contributed by atoms with Crippen molar-refractivity contribution in [2.24, 2.45) is 10.2 Å². The molecule has 3 heteroatoms. The molecule has 0 unspecified atom stereocenters. The van der Waals surface area contributed by atoms with Gasteiger partial charge in [0.15, 0.2) is 5.78 Å². The van der Waals surface area contributed by atoms with E-state index in [9.17, 15) is 4.79 Å². The van der Waals surface area contributed by atoms with Gasteiger partial charge in [0.05, 0.1) is 11.4 Å². The van der Waals surface area contributed by atoms with E-state index < -0.39 is 0 Å². The molecule has 0 saturated carbocycles. The predicted octanol–water partition coefficient (Wildman–Crippen LogP) is 8.22. The lowest BCUT2D eigenvalue weighted by atomic mass is 9.96. The standard InChI is InChI=1S/C26H28N2O/c1-17(2)22-7-6-8-24(15-22)27-28-26-16-23(18(3)4)13-14-25(26)21-11-9-20(10-12-21)19(5)29/h6-18H,1-5H3. The quantitative estimate of drug-likeness (QED) is 0.312. The van der Waals surface area contributed by atoms with Crippen molar-refractivity contribution < 1.29 is 4.79 Å². The summed E-state index contributed by atoms with van der Waals surface area (Å²) >= 11 is 0. The molecular weight excluding hydrogens is 356 g/mol. The van der Waals surface area contributed by atoms with Crippen LogP contribution in [0.1, 0.15) is 67.9 Å². The van der Waals surface area contributed by atoms with Crippen LogP contribution in [-0.2, 0) is 0 Å². The molecule has 0 atom stereocenters. The van der Waals surface area contributed by atoms with Gasteiger partial charge < -0.3 is 0 Å². The highest BCUT2D eigenvalue weighted by molar-refractivity contribution is 5.94. The minimum Gasteiger partial charge on any atom is -0.295 e. The van der Waals surface area contributed by atoms with E-state index in [0.717, 1.165) is 22.5 Å². The summed E-state index contributed by atoms with van der Waals surface area (Å²) in [5.74, 6) is 0.920. The molecule has 0 aromatic heterocycles. The van der Waals surface area contributed by atoms with Gasteiger partial charge in [-0.1, -0.05) is 76.2 Å². The van der Waals surface area contributed by atoms with Gasteiger partial charge in [0, 0.05) is 11.1 Å². The molecule has 0 aliphatic carbocycles. The van der Waals surface area contributed by atoms with Gasteiger partial charge in [0.25, 0.3) is 0 Å². The van der Waals surface area contributed by atoms with Crippen molar-refractivity contribution in [1.82, 2.24) is 0 Å². The second-order valence-electron chi connectivity index (χ2n) is 8.01. The number of Topliss-reactive ketones (excluding diaryl/α,β-unsaturated/α-hetero) is 1. The summed E-state index contributed by atoms with van der Waals surface area (Å²) in [5, 5.41) is 9.13. The summed E-state index contributed by atoms with van der Waals surface area (Å²) in [6.45, 7) is 10.3. The maximum atomic E-state index is 11.6. The van der Waals surface area contributed by atoms with Crippen LogP contribution in [0.5, 0.6) is 0 Å². The van der Waals surface area contributed by atoms with Gasteiger partial charge >= 0.3 is 0 Å². The molecule has 148 valence electrons. The Morgan fingerprint density at radius 2 is 1.41 bits per heavy atom. The van der Waals surface area contributed by atoms with Crippen molar-refractivity contribution in [3.05, 3.63) is 83.4 Å². The van der Waals surface area contributed by atoms with E-state index in [1.807, 2.05) is 36.4 Å². The minimum absolute atomic E-state index is 0.0663. The molecule has 0 radical (unpaired) electrons. The first-order valence-electron chi connectivity index (χ1n) is 10.1. The molecule has 0 bridgehead atoms. The van der Waals surface area contributed by atoms with E-state index in [4.69, 9.17) is 0 Å². The molecule has 3 aromatic rings. The van der Waals surface area contributed by atoms with Gasteiger partial charge in [-0.2, -0.15) is 5.11 Å². The van der Waals surface area contributed by atoms with Crippen LogP contribution in [-0.4, -0.2) is 5.78 Å². The van der Waals surface area contributed by atoms with Crippen LogP contribution in [0.4, 0.5) is 11.4 Å². The third-order valence-electron chi connectivity index (χ3n) is 5.10. The van der Waals surface area contributed by atoms with Crippen molar-refractivity contribution in [1.29, 1.82) is 0 Å². The second-order valence-corrected chi connectivity index (χ2v) is 8.01. The molecular formula is C26H28N2O. The molecule has 0 fully saturated rings. The number of carbonyl (C=O) groups excluding carboxylic acids is 1. The summed E-state index contributed by atoms with van der Waals surface area (Å²) in [4.78, 5) is 11.6. The first-order chi connectivity index (χ1) is 13.8. The number of benzene rings is 3. The van der Waals surface area contributed by atoms with Gasteiger partial charge in [-0.05, 0) is 53.6 Å². The predicted molar refractivity (Wildman–Crippen MR) is 121 cm³/mol. The molecule has 3 nitrogen and oxygen atoms in total. The van der Waals surface area contributed by atoms with Crippen molar-refractivity contribution >= 4 is 17.2 Å². The van der Waals surface area contributed by atoms with E-state index in [-0.39, 0.29) is 5.78 Å². The maximum Gasteiger partial charge on any atom is 0.159 e. The fraction of sp³-hybridized carbons (Fsp3) is 0.269. The third-order valence-corrected chi connectivity index (χ3v) is 5.10. The summed E-state index contributed by atoms with van der Waals surface area (Å²) in [6, 6.07) is 22.2. The topological polar surface area (TPSA) is 41.8 Å². The Morgan fingerprint density at radius 1 is 0.759 bits per heavy atom. The van der Waals surface area contributed by atoms with E-state index in [1.54, 1.807) is 6.92 Å². The van der Waals surface area contributed by atoms with Gasteiger partial charge in [-0.3, -0.25) is 4.79 Å². The van der Waals surface area contributed by atoms with Crippen LogP contribution >= 0.6 is 0 Å². The zero-order valence-electron chi connectivity index (χ0n) is 17.8. The minimum atomic E-state index is 0.0663. The SMILES string of the molecule is CC(=O)c1ccc(-c2ccc(C(C)C)cc2N=Nc2cccc(C(C)C)c2)cc1. The molecule has 0 N–H and O–H groups in total. The number of rotatable bonds is 6. The summed E-state index contributed by atoms with van der Waals surface area (Å²) in [7, 11) is 0. The molecule has 0 saturated heterocycles. The lowest BCUT2D eigenvalue weighted by Crippen LogP contribution is -1.92. The largest absolute Gasteiger partial charge is 0.295 e. The second kappa shape index (κ2) is 8.95. The van der Waals surface area contributed by atoms with Crippen LogP contribution in [0.2, 0.25) is 0 Å². The zero-order chi connectivity index (χ0) is 21.0. The summed E-state index contributed by atoms with van der Waals surface area (Å²) in [6.07, 6.45) is 0. The van der Waals surface area contributed by atoms with Crippen LogP contribution in [0.25, 0.3) is 11.1 Å². The first kappa shape index (κ1) is 20.7. The Morgan fingerprint density at radius 3 is 2.03 bits per heavy atom. The van der Waals surface area contributed by atoms with Crippen LogP contribution in [0, 0.1) is 0 Å². The average molecular weight is 385 g/mol. The zero-order valence-corrected chi connectivity index (χ0v) is 17.8. The van der Waals surface area contributed by atoms with E-state index in [1.165, 1.54) is 11.1 Å². The number of ketones is 1. The molecule has 0 aliphatic heterocycles. The van der Waals surface area contributed by atoms with Gasteiger partial charge in [0.1, 0.15) is 0 Å². The lowest BCUT2D eigenvalue weighted by Gasteiger charge is -2.11. The van der Waals surface area contributed by atoms with Gasteiger partial charge in [-0.25, -0.2) is 0 Å². The van der Waals surface area contributed by atoms with Crippen molar-refractivity contribution in [3.63, 3.8) is 0 Å². The molecule has 3 aromatic carbocycles. The molecule has 0 spiro atoms. The van der Waals surface area contributed by atoms with Crippen LogP contribution in [0.3, 0.4) is 0 Å². The lowest BCUT2D eigenvalue weighted by molar-refractivity contribution is 0.101. The Kier molecular flexibility index (Phi) is 6.38. The van der Waals surface area contributed by atoms with E-state index in [2.05, 4.69) is 68.3 Å². The van der Waals surface area contributed by atoms with Crippen molar-refractivity contribution in [3.8, 4) is 11.1 Å². The number of hydrogen-bond acceptors (Lipinski definition) is 3. The third kappa shape index (κ3) is 5.05. The highest BCUT2D eigenvalue weighted by atomic mass is 16.1. The molecule has 3 rings (SSSR count). The monoisotopic (exact) mass is 384 g/mol. The Hall–Kier alpha value is -3.07. The Labute approximate surface area is 173 Å². The number of carbonyl (C=O) groups is 1. The molecule has 0 heterocycles. The van der Waals surface area contributed by atoms with Gasteiger partial charge in [-0.15, -0.1) is 5.11 Å². The first-order valence-corrected chi connectivity index (χ1v) is 10.1. The van der Waals surface area contributed by atoms with Crippen LogP contribution < -0.4 is 0 Å². The van der Waals surface area contributed by atoms with Crippen LogP contribution in [0.15, 0.2) is 77.0 Å². The van der Waals surface area contributed by atoms with Crippen molar-refractivity contribution in [2.45, 2.75) is 46.5 Å². The number of hydrogen-bond donors (Lipinski definition) is 0. The van der Waals surface area contributed by atoms with Crippen molar-refractivity contribution in [2.75, 3.05) is 0 Å². The molecule has 0 aliphatic rings.